The average Bonchev–Trinajstić information content (AvgIpc) is 2.40. The lowest BCUT2D eigenvalue weighted by molar-refractivity contribution is 0.0593. The predicted molar refractivity (Wildman–Crippen MR) is 73.0 cm³/mol. The van der Waals surface area contributed by atoms with Crippen LogP contribution in [-0.2, 0) is 4.74 Å². The van der Waals surface area contributed by atoms with E-state index in [2.05, 4.69) is 33.9 Å². The zero-order chi connectivity index (χ0) is 13.9. The van der Waals surface area contributed by atoms with Crippen molar-refractivity contribution in [1.29, 1.82) is 0 Å². The summed E-state index contributed by atoms with van der Waals surface area (Å²) < 4.78 is 4.65. The second kappa shape index (κ2) is 5.55. The highest BCUT2D eigenvalue weighted by Crippen LogP contribution is 2.36. The molecule has 0 bridgehead atoms. The molecule has 0 aromatic carbocycles. The summed E-state index contributed by atoms with van der Waals surface area (Å²) >= 11 is 0. The van der Waals surface area contributed by atoms with E-state index in [1.54, 1.807) is 6.20 Å². The van der Waals surface area contributed by atoms with Crippen LogP contribution in [0.5, 0.6) is 0 Å². The Morgan fingerprint density at radius 3 is 2.89 bits per heavy atom. The van der Waals surface area contributed by atoms with Gasteiger partial charge in [0, 0.05) is 6.04 Å². The Kier molecular flexibility index (Phi) is 4.02. The minimum Gasteiger partial charge on any atom is -0.464 e. The Bertz CT molecular complexity index is 460. The van der Waals surface area contributed by atoms with Crippen LogP contribution in [0.1, 0.15) is 50.0 Å². The van der Waals surface area contributed by atoms with Crippen LogP contribution in [0.4, 0.5) is 5.82 Å². The van der Waals surface area contributed by atoms with Gasteiger partial charge in [-0.3, -0.25) is 4.98 Å². The lowest BCUT2D eigenvalue weighted by atomic mass is 9.73. The van der Waals surface area contributed by atoms with E-state index in [0.717, 1.165) is 6.42 Å². The molecular formula is C14H21N3O2. The van der Waals surface area contributed by atoms with Crippen molar-refractivity contribution in [2.45, 2.75) is 45.6 Å². The molecule has 1 aromatic rings. The average molecular weight is 263 g/mol. The quantitative estimate of drug-likeness (QED) is 0.849. The highest BCUT2D eigenvalue weighted by molar-refractivity contribution is 5.87. The molecule has 1 atom stereocenters. The van der Waals surface area contributed by atoms with Crippen molar-refractivity contribution in [3.8, 4) is 0 Å². The number of rotatable bonds is 3. The van der Waals surface area contributed by atoms with Crippen molar-refractivity contribution in [3.63, 3.8) is 0 Å². The van der Waals surface area contributed by atoms with Crippen LogP contribution in [0.15, 0.2) is 12.4 Å². The van der Waals surface area contributed by atoms with Gasteiger partial charge in [0.05, 0.1) is 19.5 Å². The van der Waals surface area contributed by atoms with Crippen LogP contribution in [0.25, 0.3) is 0 Å². The molecule has 5 heteroatoms. The first-order valence-electron chi connectivity index (χ1n) is 6.70. The van der Waals surface area contributed by atoms with Gasteiger partial charge in [0.2, 0.25) is 0 Å². The van der Waals surface area contributed by atoms with Crippen LogP contribution in [-0.4, -0.2) is 29.1 Å². The summed E-state index contributed by atoms with van der Waals surface area (Å²) in [7, 11) is 1.34. The maximum absolute atomic E-state index is 11.4. The van der Waals surface area contributed by atoms with E-state index in [-0.39, 0.29) is 11.1 Å². The second-order valence-corrected chi connectivity index (χ2v) is 5.71. The minimum atomic E-state index is -0.459. The molecule has 1 fully saturated rings. The number of methoxy groups -OCH3 is 1. The van der Waals surface area contributed by atoms with Gasteiger partial charge in [0.25, 0.3) is 0 Å². The SMILES string of the molecule is COC(=O)c1cncc(NC2CCCCC2(C)C)n1. The number of nitrogens with one attached hydrogen (secondary N) is 1. The zero-order valence-corrected chi connectivity index (χ0v) is 11.8. The Morgan fingerprint density at radius 2 is 2.21 bits per heavy atom. The lowest BCUT2D eigenvalue weighted by Gasteiger charge is -2.39. The minimum absolute atomic E-state index is 0.237. The van der Waals surface area contributed by atoms with E-state index >= 15 is 0 Å². The van der Waals surface area contributed by atoms with Crippen molar-refractivity contribution in [2.24, 2.45) is 5.41 Å². The lowest BCUT2D eigenvalue weighted by Crippen LogP contribution is -2.39. The number of esters is 1. The molecule has 1 aliphatic carbocycles. The summed E-state index contributed by atoms with van der Waals surface area (Å²) in [6, 6.07) is 0.364. The van der Waals surface area contributed by atoms with Crippen molar-refractivity contribution in [3.05, 3.63) is 18.1 Å². The predicted octanol–water partition coefficient (Wildman–Crippen LogP) is 2.64. The molecule has 1 saturated carbocycles. The normalized spacial score (nSPS) is 21.7. The number of nitrogens with zero attached hydrogens (tertiary/aromatic N) is 2. The summed E-state index contributed by atoms with van der Waals surface area (Å²) in [5.74, 6) is 0.182. The van der Waals surface area contributed by atoms with Gasteiger partial charge in [-0.05, 0) is 18.3 Å². The van der Waals surface area contributed by atoms with Crippen LogP contribution >= 0.6 is 0 Å². The molecule has 2 rings (SSSR count). The number of hydrogen-bond donors (Lipinski definition) is 1. The number of ether oxygens (including phenoxy) is 1. The molecule has 5 nitrogen and oxygen atoms in total. The van der Waals surface area contributed by atoms with Crippen LogP contribution in [0.2, 0.25) is 0 Å². The number of carbonyl (C=O) groups is 1. The summed E-state index contributed by atoms with van der Waals surface area (Å²) in [4.78, 5) is 19.7. The molecule has 104 valence electrons. The van der Waals surface area contributed by atoms with Gasteiger partial charge in [-0.15, -0.1) is 0 Å². The Hall–Kier alpha value is -1.65. The van der Waals surface area contributed by atoms with E-state index in [9.17, 15) is 4.79 Å². The first-order chi connectivity index (χ1) is 9.03. The highest BCUT2D eigenvalue weighted by atomic mass is 16.5. The smallest absolute Gasteiger partial charge is 0.358 e. The number of hydrogen-bond acceptors (Lipinski definition) is 5. The molecule has 0 radical (unpaired) electrons. The second-order valence-electron chi connectivity index (χ2n) is 5.71. The van der Waals surface area contributed by atoms with Gasteiger partial charge >= 0.3 is 5.97 Å². The fourth-order valence-electron chi connectivity index (χ4n) is 2.58. The summed E-state index contributed by atoms with van der Waals surface area (Å²) in [6.45, 7) is 4.53. The van der Waals surface area contributed by atoms with Crippen LogP contribution < -0.4 is 5.32 Å². The molecule has 1 heterocycles. The summed E-state index contributed by atoms with van der Waals surface area (Å²) in [5, 5.41) is 3.41. The number of anilines is 1. The fourth-order valence-corrected chi connectivity index (χ4v) is 2.58. The maximum atomic E-state index is 11.4. The van der Waals surface area contributed by atoms with Crippen LogP contribution in [0, 0.1) is 5.41 Å². The molecular weight excluding hydrogens is 242 g/mol. The topological polar surface area (TPSA) is 64.1 Å². The maximum Gasteiger partial charge on any atom is 0.358 e. The van der Waals surface area contributed by atoms with Crippen LogP contribution in [0.3, 0.4) is 0 Å². The Balaban J connectivity index is 2.12. The molecule has 0 spiro atoms. The van der Waals surface area contributed by atoms with Crippen molar-refractivity contribution in [1.82, 2.24) is 9.97 Å². The molecule has 1 aromatic heterocycles. The van der Waals surface area contributed by atoms with Crippen molar-refractivity contribution >= 4 is 11.8 Å². The van der Waals surface area contributed by atoms with E-state index in [1.165, 1.54) is 32.6 Å². The van der Waals surface area contributed by atoms with Crippen molar-refractivity contribution in [2.75, 3.05) is 12.4 Å². The third kappa shape index (κ3) is 3.22. The van der Waals surface area contributed by atoms with Gasteiger partial charge in [0.15, 0.2) is 5.69 Å². The Labute approximate surface area is 113 Å². The van der Waals surface area contributed by atoms with Crippen molar-refractivity contribution < 1.29 is 9.53 Å². The summed E-state index contributed by atoms with van der Waals surface area (Å²) in [6.07, 6.45) is 7.90. The van der Waals surface area contributed by atoms with Gasteiger partial charge in [-0.25, -0.2) is 9.78 Å². The van der Waals surface area contributed by atoms with Gasteiger partial charge in [0.1, 0.15) is 5.82 Å². The first-order valence-corrected chi connectivity index (χ1v) is 6.70. The number of aromatic nitrogens is 2. The highest BCUT2D eigenvalue weighted by Gasteiger charge is 2.32. The molecule has 0 saturated heterocycles. The van der Waals surface area contributed by atoms with Gasteiger partial charge in [-0.1, -0.05) is 26.7 Å². The van der Waals surface area contributed by atoms with E-state index in [1.807, 2.05) is 0 Å². The first kappa shape index (κ1) is 13.8. The van der Waals surface area contributed by atoms with E-state index in [0.29, 0.717) is 11.9 Å². The monoisotopic (exact) mass is 263 g/mol. The molecule has 1 aliphatic rings. The van der Waals surface area contributed by atoms with E-state index < -0.39 is 5.97 Å². The Morgan fingerprint density at radius 1 is 1.42 bits per heavy atom. The van der Waals surface area contributed by atoms with Gasteiger partial charge < -0.3 is 10.1 Å². The third-order valence-corrected chi connectivity index (χ3v) is 3.86. The standard InChI is InChI=1S/C14H21N3O2/c1-14(2)7-5-4-6-11(14)17-12-9-15-8-10(16-12)13(18)19-3/h8-9,11H,4-7H2,1-3H3,(H,16,17). The number of carbonyl (C=O) groups excluding carboxylic acids is 1. The molecule has 1 unspecified atom stereocenters. The molecule has 0 amide bonds. The van der Waals surface area contributed by atoms with E-state index in [4.69, 9.17) is 0 Å². The molecule has 0 aliphatic heterocycles. The molecule has 19 heavy (non-hydrogen) atoms. The third-order valence-electron chi connectivity index (χ3n) is 3.86. The summed E-state index contributed by atoms with van der Waals surface area (Å²) in [5.41, 5.74) is 0.474. The zero-order valence-electron chi connectivity index (χ0n) is 11.8. The fraction of sp³-hybridized carbons (Fsp3) is 0.643. The van der Waals surface area contributed by atoms with Gasteiger partial charge in [-0.2, -0.15) is 0 Å². The largest absolute Gasteiger partial charge is 0.464 e. The molecule has 1 N–H and O–H groups in total.